The summed E-state index contributed by atoms with van der Waals surface area (Å²) in [6.45, 7) is 4.29. The maximum Gasteiger partial charge on any atom is 0.251 e. The predicted octanol–water partition coefficient (Wildman–Crippen LogP) is 1.40. The number of carbonyl (C=O) groups excluding carboxylic acids is 1. The van der Waals surface area contributed by atoms with E-state index in [0.29, 0.717) is 18.5 Å². The highest BCUT2D eigenvalue weighted by Gasteiger charge is 2.10. The quantitative estimate of drug-likeness (QED) is 0.842. The summed E-state index contributed by atoms with van der Waals surface area (Å²) in [6.07, 6.45) is 3.35. The number of nitrogens with one attached hydrogen (secondary N) is 1. The summed E-state index contributed by atoms with van der Waals surface area (Å²) in [5.74, 6) is 0.0989. The Labute approximate surface area is 123 Å². The van der Waals surface area contributed by atoms with Gasteiger partial charge in [0.2, 0.25) is 0 Å². The second-order valence-corrected chi connectivity index (χ2v) is 5.29. The van der Waals surface area contributed by atoms with Crippen molar-refractivity contribution in [2.24, 2.45) is 5.92 Å². The van der Waals surface area contributed by atoms with Gasteiger partial charge < -0.3 is 10.4 Å². The summed E-state index contributed by atoms with van der Waals surface area (Å²) < 4.78 is 1.60. The molecular formula is C15H20N4O2. The highest BCUT2D eigenvalue weighted by molar-refractivity contribution is 5.94. The summed E-state index contributed by atoms with van der Waals surface area (Å²) >= 11 is 0. The van der Waals surface area contributed by atoms with Crippen molar-refractivity contribution in [2.45, 2.75) is 26.4 Å². The standard InChI is InChI=1S/C15H20N4O2/c1-11(6-12(2)20)8-17-15(21)13-4-3-5-14(7-13)19-10-16-9-18-19/h3-5,7,9-12,20H,6,8H2,1-2H3,(H,17,21). The van der Waals surface area contributed by atoms with Crippen molar-refractivity contribution in [3.8, 4) is 5.69 Å². The minimum Gasteiger partial charge on any atom is -0.393 e. The van der Waals surface area contributed by atoms with Crippen LogP contribution in [0.2, 0.25) is 0 Å². The number of hydrogen-bond acceptors (Lipinski definition) is 4. The highest BCUT2D eigenvalue weighted by Crippen LogP contribution is 2.10. The van der Waals surface area contributed by atoms with Crippen molar-refractivity contribution in [3.05, 3.63) is 42.5 Å². The first-order valence-electron chi connectivity index (χ1n) is 6.97. The largest absolute Gasteiger partial charge is 0.393 e. The van der Waals surface area contributed by atoms with Crippen molar-refractivity contribution in [3.63, 3.8) is 0 Å². The Hall–Kier alpha value is -2.21. The van der Waals surface area contributed by atoms with Crippen molar-refractivity contribution in [1.29, 1.82) is 0 Å². The summed E-state index contributed by atoms with van der Waals surface area (Å²) in [7, 11) is 0. The molecule has 1 aromatic carbocycles. The van der Waals surface area contributed by atoms with Crippen molar-refractivity contribution in [1.82, 2.24) is 20.1 Å². The topological polar surface area (TPSA) is 80.0 Å². The van der Waals surface area contributed by atoms with E-state index >= 15 is 0 Å². The van der Waals surface area contributed by atoms with Gasteiger partial charge in [0, 0.05) is 12.1 Å². The minimum atomic E-state index is -0.354. The molecule has 0 saturated carbocycles. The molecule has 0 spiro atoms. The monoisotopic (exact) mass is 288 g/mol. The van der Waals surface area contributed by atoms with E-state index in [2.05, 4.69) is 15.4 Å². The second kappa shape index (κ2) is 6.99. The Morgan fingerprint density at radius 1 is 1.43 bits per heavy atom. The van der Waals surface area contributed by atoms with Gasteiger partial charge in [0.25, 0.3) is 5.91 Å². The SMILES string of the molecule is CC(O)CC(C)CNC(=O)c1cccc(-n2cncn2)c1. The third-order valence-corrected chi connectivity index (χ3v) is 3.15. The maximum absolute atomic E-state index is 12.1. The molecule has 0 saturated heterocycles. The normalized spacial score (nSPS) is 13.7. The van der Waals surface area contributed by atoms with E-state index < -0.39 is 0 Å². The first-order chi connectivity index (χ1) is 10.1. The number of hydrogen-bond donors (Lipinski definition) is 2. The van der Waals surface area contributed by atoms with E-state index in [4.69, 9.17) is 0 Å². The Balaban J connectivity index is 1.98. The van der Waals surface area contributed by atoms with Crippen LogP contribution in [0.5, 0.6) is 0 Å². The number of aliphatic hydroxyl groups excluding tert-OH is 1. The number of amides is 1. The molecule has 1 amide bonds. The number of benzene rings is 1. The van der Waals surface area contributed by atoms with Crippen LogP contribution >= 0.6 is 0 Å². The molecule has 1 aromatic heterocycles. The Morgan fingerprint density at radius 3 is 2.90 bits per heavy atom. The Kier molecular flexibility index (Phi) is 5.05. The van der Waals surface area contributed by atoms with Gasteiger partial charge in [0.15, 0.2) is 0 Å². The van der Waals surface area contributed by atoms with Crippen LogP contribution in [-0.4, -0.2) is 38.4 Å². The number of aliphatic hydroxyl groups is 1. The van der Waals surface area contributed by atoms with E-state index in [1.807, 2.05) is 19.1 Å². The van der Waals surface area contributed by atoms with Crippen LogP contribution in [-0.2, 0) is 0 Å². The predicted molar refractivity (Wildman–Crippen MR) is 79.2 cm³/mol. The number of carbonyl (C=O) groups is 1. The second-order valence-electron chi connectivity index (χ2n) is 5.29. The third kappa shape index (κ3) is 4.39. The van der Waals surface area contributed by atoms with E-state index in [1.165, 1.54) is 6.33 Å². The molecule has 0 aliphatic rings. The molecule has 2 unspecified atom stereocenters. The number of nitrogens with zero attached hydrogens (tertiary/aromatic N) is 3. The van der Waals surface area contributed by atoms with Crippen molar-refractivity contribution >= 4 is 5.91 Å². The van der Waals surface area contributed by atoms with Crippen molar-refractivity contribution in [2.75, 3.05) is 6.54 Å². The summed E-state index contributed by atoms with van der Waals surface area (Å²) in [4.78, 5) is 16.0. The average Bonchev–Trinajstić information content (AvgIpc) is 2.98. The van der Waals surface area contributed by atoms with Crippen LogP contribution in [0.4, 0.5) is 0 Å². The zero-order valence-electron chi connectivity index (χ0n) is 12.2. The lowest BCUT2D eigenvalue weighted by atomic mass is 10.0. The van der Waals surface area contributed by atoms with Crippen molar-refractivity contribution < 1.29 is 9.90 Å². The van der Waals surface area contributed by atoms with Crippen LogP contribution in [0.25, 0.3) is 5.69 Å². The van der Waals surface area contributed by atoms with Crippen LogP contribution in [0.15, 0.2) is 36.9 Å². The van der Waals surface area contributed by atoms with Gasteiger partial charge in [-0.1, -0.05) is 13.0 Å². The molecule has 2 N–H and O–H groups in total. The fourth-order valence-corrected chi connectivity index (χ4v) is 2.17. The third-order valence-electron chi connectivity index (χ3n) is 3.15. The van der Waals surface area contributed by atoms with Gasteiger partial charge in [-0.3, -0.25) is 4.79 Å². The van der Waals surface area contributed by atoms with Crippen LogP contribution in [0.1, 0.15) is 30.6 Å². The molecule has 0 bridgehead atoms. The van der Waals surface area contributed by atoms with E-state index in [9.17, 15) is 9.90 Å². The maximum atomic E-state index is 12.1. The highest BCUT2D eigenvalue weighted by atomic mass is 16.3. The molecule has 6 nitrogen and oxygen atoms in total. The molecule has 0 fully saturated rings. The molecule has 112 valence electrons. The van der Waals surface area contributed by atoms with E-state index in [1.54, 1.807) is 30.1 Å². The van der Waals surface area contributed by atoms with Gasteiger partial charge >= 0.3 is 0 Å². The summed E-state index contributed by atoms with van der Waals surface area (Å²) in [5, 5.41) is 16.2. The molecule has 0 aliphatic carbocycles. The van der Waals surface area contributed by atoms with Crippen LogP contribution in [0.3, 0.4) is 0 Å². The first-order valence-corrected chi connectivity index (χ1v) is 6.97. The lowest BCUT2D eigenvalue weighted by molar-refractivity contribution is 0.0939. The fourth-order valence-electron chi connectivity index (χ4n) is 2.17. The van der Waals surface area contributed by atoms with E-state index in [0.717, 1.165) is 5.69 Å². The van der Waals surface area contributed by atoms with Gasteiger partial charge in [-0.15, -0.1) is 0 Å². The van der Waals surface area contributed by atoms with Gasteiger partial charge in [0.1, 0.15) is 12.7 Å². The molecule has 0 aliphatic heterocycles. The molecule has 1 heterocycles. The fraction of sp³-hybridized carbons (Fsp3) is 0.400. The smallest absolute Gasteiger partial charge is 0.251 e. The summed E-state index contributed by atoms with van der Waals surface area (Å²) in [5.41, 5.74) is 1.37. The number of rotatable bonds is 6. The molecular weight excluding hydrogens is 268 g/mol. The molecule has 6 heteroatoms. The van der Waals surface area contributed by atoms with Gasteiger partial charge in [-0.05, 0) is 37.5 Å². The minimum absolute atomic E-state index is 0.130. The van der Waals surface area contributed by atoms with Gasteiger partial charge in [-0.25, -0.2) is 9.67 Å². The van der Waals surface area contributed by atoms with Crippen LogP contribution in [0, 0.1) is 5.92 Å². The summed E-state index contributed by atoms with van der Waals surface area (Å²) in [6, 6.07) is 7.20. The first kappa shape index (κ1) is 15.2. The lowest BCUT2D eigenvalue weighted by Gasteiger charge is -2.14. The molecule has 21 heavy (non-hydrogen) atoms. The Bertz CT molecular complexity index is 581. The lowest BCUT2D eigenvalue weighted by Crippen LogP contribution is -2.29. The molecule has 0 radical (unpaired) electrons. The Morgan fingerprint density at radius 2 is 2.24 bits per heavy atom. The molecule has 2 atom stereocenters. The van der Waals surface area contributed by atoms with Gasteiger partial charge in [-0.2, -0.15) is 5.10 Å². The average molecular weight is 288 g/mol. The van der Waals surface area contributed by atoms with Gasteiger partial charge in [0.05, 0.1) is 11.8 Å². The number of aromatic nitrogens is 3. The van der Waals surface area contributed by atoms with Crippen LogP contribution < -0.4 is 5.32 Å². The zero-order valence-corrected chi connectivity index (χ0v) is 12.2. The molecule has 2 rings (SSSR count). The zero-order chi connectivity index (χ0) is 15.2. The molecule has 2 aromatic rings. The van der Waals surface area contributed by atoms with E-state index in [-0.39, 0.29) is 17.9 Å².